The lowest BCUT2D eigenvalue weighted by Crippen LogP contribution is -2.52. The molecule has 0 radical (unpaired) electrons. The van der Waals surface area contributed by atoms with Crippen molar-refractivity contribution in [3.63, 3.8) is 0 Å². The van der Waals surface area contributed by atoms with E-state index in [1.54, 1.807) is 25.4 Å². The van der Waals surface area contributed by atoms with Crippen LogP contribution in [0.5, 0.6) is 5.75 Å². The first-order valence-electron chi connectivity index (χ1n) is 15.4. The minimum Gasteiger partial charge on any atom is -0.494 e. The zero-order valence-electron chi connectivity index (χ0n) is 26.2. The zero-order valence-corrected chi connectivity index (χ0v) is 27.7. The van der Waals surface area contributed by atoms with Crippen LogP contribution in [0.15, 0.2) is 42.9 Å². The lowest BCUT2D eigenvalue weighted by atomic mass is 9.99. The van der Waals surface area contributed by atoms with Crippen LogP contribution in [0.1, 0.15) is 25.3 Å². The van der Waals surface area contributed by atoms with E-state index < -0.39 is 10.0 Å². The van der Waals surface area contributed by atoms with Crippen molar-refractivity contribution in [3.8, 4) is 5.75 Å². The first kappa shape index (κ1) is 32.0. The average molecular weight is 667 g/mol. The molecule has 244 valence electrons. The fraction of sp³-hybridized carbons (Fsp3) is 0.419. The molecule has 4 N–H and O–H groups in total. The van der Waals surface area contributed by atoms with Crippen LogP contribution in [0.4, 0.5) is 34.5 Å². The maximum absolute atomic E-state index is 12.2. The maximum Gasteiger partial charge on any atom is 0.229 e. The third-order valence-corrected chi connectivity index (χ3v) is 9.28. The van der Waals surface area contributed by atoms with Crippen molar-refractivity contribution in [2.75, 3.05) is 72.9 Å². The molecule has 0 aliphatic carbocycles. The molecule has 0 saturated carbocycles. The van der Waals surface area contributed by atoms with E-state index in [0.717, 1.165) is 70.5 Å². The Labute approximate surface area is 274 Å². The summed E-state index contributed by atoms with van der Waals surface area (Å²) < 4.78 is 32.8. The predicted molar refractivity (Wildman–Crippen MR) is 184 cm³/mol. The molecule has 0 unspecified atom stereocenters. The number of ether oxygens (including phenoxy) is 1. The number of aromatic nitrogens is 4. The molecule has 0 spiro atoms. The normalized spacial score (nSPS) is 16.4. The second-order valence-electron chi connectivity index (χ2n) is 11.5. The van der Waals surface area contributed by atoms with E-state index in [1.165, 1.54) is 23.6 Å². The number of piperidine rings is 1. The molecule has 0 atom stereocenters. The Bertz CT molecular complexity index is 1810. The molecule has 0 amide bonds. The summed E-state index contributed by atoms with van der Waals surface area (Å²) in [6.45, 7) is 8.55. The number of nitrogens with one attached hydrogen (secondary N) is 4. The molecule has 2 aromatic heterocycles. The van der Waals surface area contributed by atoms with E-state index in [9.17, 15) is 8.42 Å². The molecule has 4 aromatic rings. The number of hydrogen-bond donors (Lipinski definition) is 4. The highest BCUT2D eigenvalue weighted by Gasteiger charge is 2.27. The van der Waals surface area contributed by atoms with E-state index in [2.05, 4.69) is 69.5 Å². The minimum absolute atomic E-state index is 0.235. The van der Waals surface area contributed by atoms with Crippen LogP contribution in [0, 0.1) is 0 Å². The molecular formula is C31H39ClN10O3S. The van der Waals surface area contributed by atoms with E-state index in [4.69, 9.17) is 16.3 Å². The Hall–Kier alpha value is -3.98. The van der Waals surface area contributed by atoms with Gasteiger partial charge in [0.05, 0.1) is 42.1 Å². The number of fused-ring (bicyclic) bond motifs is 1. The molecule has 2 fully saturated rings. The van der Waals surface area contributed by atoms with Crippen molar-refractivity contribution >= 4 is 67.2 Å². The molecule has 2 saturated heterocycles. The Morgan fingerprint density at radius 3 is 2.50 bits per heavy atom. The zero-order chi connectivity index (χ0) is 32.3. The van der Waals surface area contributed by atoms with Crippen molar-refractivity contribution in [1.29, 1.82) is 0 Å². The second kappa shape index (κ2) is 13.8. The van der Waals surface area contributed by atoms with Crippen molar-refractivity contribution < 1.29 is 13.2 Å². The first-order valence-corrected chi connectivity index (χ1v) is 17.7. The van der Waals surface area contributed by atoms with Crippen molar-refractivity contribution in [2.24, 2.45) is 0 Å². The van der Waals surface area contributed by atoms with Gasteiger partial charge in [0.25, 0.3) is 0 Å². The summed E-state index contributed by atoms with van der Waals surface area (Å²) in [5.74, 6) is 1.24. The highest BCUT2D eigenvalue weighted by molar-refractivity contribution is 7.92. The molecule has 2 aromatic carbocycles. The quantitative estimate of drug-likeness (QED) is 0.190. The number of methoxy groups -OCH3 is 1. The van der Waals surface area contributed by atoms with Crippen LogP contribution in [0.25, 0.3) is 11.0 Å². The van der Waals surface area contributed by atoms with Crippen molar-refractivity contribution in [3.05, 3.63) is 53.4 Å². The average Bonchev–Trinajstić information content (AvgIpc) is 3.07. The summed E-state index contributed by atoms with van der Waals surface area (Å²) >= 11 is 6.51. The number of benzene rings is 2. The number of aryl methyl sites for hydroxylation is 1. The monoisotopic (exact) mass is 666 g/mol. The maximum atomic E-state index is 12.2. The highest BCUT2D eigenvalue weighted by atomic mass is 35.5. The first-order chi connectivity index (χ1) is 22.2. The number of halogens is 1. The Balaban J connectivity index is 1.24. The second-order valence-corrected chi connectivity index (χ2v) is 13.6. The lowest BCUT2D eigenvalue weighted by Gasteiger charge is -2.41. The van der Waals surface area contributed by atoms with Crippen LogP contribution < -0.4 is 30.3 Å². The standard InChI is InChI=1S/C31H39ClN10O3S/c1-4-20-17-25(27(45-2)18-26(20)42-13-7-21(8-14-42)41-15-11-33-12-16-41)38-31-36-19-22(32)30(39-31)37-24-6-5-23-28(35-10-9-34-23)29(24)40-46(3,43)44/h5-6,9-10,17-19,21,33,40H,4,7-8,11-16H2,1-3H3,(H2,36,37,38,39). The molecule has 15 heteroatoms. The number of piperazine rings is 1. The van der Waals surface area contributed by atoms with E-state index in [0.29, 0.717) is 28.5 Å². The Morgan fingerprint density at radius 2 is 1.78 bits per heavy atom. The number of rotatable bonds is 10. The molecule has 0 bridgehead atoms. The number of nitrogens with zero attached hydrogens (tertiary/aromatic N) is 6. The van der Waals surface area contributed by atoms with E-state index in [-0.39, 0.29) is 22.5 Å². The molecule has 4 heterocycles. The number of sulfonamides is 1. The topological polar surface area (TPSA) is 150 Å². The number of hydrogen-bond acceptors (Lipinski definition) is 12. The fourth-order valence-electron chi connectivity index (χ4n) is 6.17. The minimum atomic E-state index is -3.63. The van der Waals surface area contributed by atoms with Crippen LogP contribution in [-0.2, 0) is 16.4 Å². The Morgan fingerprint density at radius 1 is 1.02 bits per heavy atom. The number of anilines is 6. The van der Waals surface area contributed by atoms with Gasteiger partial charge in [0.2, 0.25) is 16.0 Å². The van der Waals surface area contributed by atoms with Gasteiger partial charge >= 0.3 is 0 Å². The van der Waals surface area contributed by atoms with E-state index >= 15 is 0 Å². The predicted octanol–water partition coefficient (Wildman–Crippen LogP) is 4.38. The van der Waals surface area contributed by atoms with Gasteiger partial charge in [0.15, 0.2) is 5.82 Å². The van der Waals surface area contributed by atoms with Crippen molar-refractivity contribution in [1.82, 2.24) is 30.2 Å². The summed E-state index contributed by atoms with van der Waals surface area (Å²) in [5.41, 5.74) is 4.67. The Kier molecular flexibility index (Phi) is 9.59. The van der Waals surface area contributed by atoms with Crippen LogP contribution >= 0.6 is 11.6 Å². The fourth-order valence-corrected chi connectivity index (χ4v) is 6.89. The molecule has 2 aliphatic heterocycles. The van der Waals surface area contributed by atoms with Crippen LogP contribution in [0.2, 0.25) is 5.02 Å². The third kappa shape index (κ3) is 7.20. The molecule has 46 heavy (non-hydrogen) atoms. The van der Waals surface area contributed by atoms with Gasteiger partial charge in [-0.25, -0.2) is 13.4 Å². The molecule has 13 nitrogen and oxygen atoms in total. The van der Waals surface area contributed by atoms with Crippen molar-refractivity contribution in [2.45, 2.75) is 32.2 Å². The van der Waals surface area contributed by atoms with E-state index in [1.807, 2.05) is 0 Å². The summed E-state index contributed by atoms with van der Waals surface area (Å²) in [6.07, 6.45) is 8.73. The summed E-state index contributed by atoms with van der Waals surface area (Å²) in [6, 6.07) is 8.26. The molecule has 6 rings (SSSR count). The SMILES string of the molecule is CCc1cc(Nc2ncc(Cl)c(Nc3ccc4nccnc4c3NS(C)(=O)=O)n2)c(OC)cc1N1CCC(N2CCNCC2)CC1. The van der Waals surface area contributed by atoms with Gasteiger partial charge in [-0.15, -0.1) is 0 Å². The summed E-state index contributed by atoms with van der Waals surface area (Å²) in [5, 5.41) is 10.2. The molecular weight excluding hydrogens is 628 g/mol. The van der Waals surface area contributed by atoms with Gasteiger partial charge < -0.3 is 25.6 Å². The van der Waals surface area contributed by atoms with Gasteiger partial charge in [-0.05, 0) is 43.0 Å². The molecule has 2 aliphatic rings. The smallest absolute Gasteiger partial charge is 0.229 e. The van der Waals surface area contributed by atoms with Crippen LogP contribution in [-0.4, -0.2) is 91.9 Å². The lowest BCUT2D eigenvalue weighted by molar-refractivity contribution is 0.150. The third-order valence-electron chi connectivity index (χ3n) is 8.43. The van der Waals surface area contributed by atoms with Gasteiger partial charge in [-0.2, -0.15) is 4.98 Å². The van der Waals surface area contributed by atoms with Gasteiger partial charge in [-0.3, -0.25) is 19.6 Å². The largest absolute Gasteiger partial charge is 0.494 e. The van der Waals surface area contributed by atoms with Gasteiger partial charge in [0.1, 0.15) is 16.3 Å². The summed E-state index contributed by atoms with van der Waals surface area (Å²) in [4.78, 5) is 22.7. The van der Waals surface area contributed by atoms with Gasteiger partial charge in [-0.1, -0.05) is 18.5 Å². The summed E-state index contributed by atoms with van der Waals surface area (Å²) in [7, 11) is -1.98. The van der Waals surface area contributed by atoms with Gasteiger partial charge in [0, 0.05) is 69.5 Å². The highest BCUT2D eigenvalue weighted by Crippen LogP contribution is 2.38. The van der Waals surface area contributed by atoms with Crippen LogP contribution in [0.3, 0.4) is 0 Å².